The molecule has 0 aliphatic rings. The third-order valence-corrected chi connectivity index (χ3v) is 3.39. The highest BCUT2D eigenvalue weighted by molar-refractivity contribution is 6.43. The minimum Gasteiger partial charge on any atom is -0.334 e. The molecule has 0 aliphatic carbocycles. The first-order valence-electron chi connectivity index (χ1n) is 5.79. The molecule has 0 radical (unpaired) electrons. The van der Waals surface area contributed by atoms with E-state index in [0.717, 1.165) is 5.56 Å². The lowest BCUT2D eigenvalue weighted by Gasteiger charge is -2.09. The molecule has 0 atom stereocenters. The van der Waals surface area contributed by atoms with Crippen LogP contribution in [0.1, 0.15) is 5.56 Å². The van der Waals surface area contributed by atoms with Crippen LogP contribution in [0, 0.1) is 5.82 Å². The highest BCUT2D eigenvalue weighted by Crippen LogP contribution is 2.29. The number of halogens is 3. The van der Waals surface area contributed by atoms with Crippen LogP contribution in [-0.2, 0) is 6.54 Å². The number of rotatable bonds is 3. The van der Waals surface area contributed by atoms with Gasteiger partial charge in [0.25, 0.3) is 0 Å². The van der Waals surface area contributed by atoms with E-state index >= 15 is 0 Å². The summed E-state index contributed by atoms with van der Waals surface area (Å²) in [5, 5.41) is 5.88. The first-order valence-corrected chi connectivity index (χ1v) is 6.55. The SMILES string of the molecule is O=C(NCc1ccc(F)cc1)Nc1cccc(Cl)c1Cl. The Bertz CT molecular complexity index is 617. The van der Waals surface area contributed by atoms with Gasteiger partial charge in [0.05, 0.1) is 15.7 Å². The second-order valence-electron chi connectivity index (χ2n) is 4.04. The summed E-state index contributed by atoms with van der Waals surface area (Å²) < 4.78 is 12.7. The first kappa shape index (κ1) is 14.6. The Morgan fingerprint density at radius 1 is 1.10 bits per heavy atom. The topological polar surface area (TPSA) is 41.1 Å². The minimum atomic E-state index is -0.418. The summed E-state index contributed by atoms with van der Waals surface area (Å²) in [7, 11) is 0. The van der Waals surface area contributed by atoms with E-state index < -0.39 is 6.03 Å². The Labute approximate surface area is 125 Å². The van der Waals surface area contributed by atoms with Gasteiger partial charge in [0.15, 0.2) is 0 Å². The van der Waals surface area contributed by atoms with Gasteiger partial charge in [0, 0.05) is 6.54 Å². The average molecular weight is 313 g/mol. The fraction of sp³-hybridized carbons (Fsp3) is 0.0714. The van der Waals surface area contributed by atoms with Crippen molar-refractivity contribution in [1.29, 1.82) is 0 Å². The summed E-state index contributed by atoms with van der Waals surface area (Å²) >= 11 is 11.8. The van der Waals surface area contributed by atoms with Crippen molar-refractivity contribution < 1.29 is 9.18 Å². The van der Waals surface area contributed by atoms with E-state index in [1.54, 1.807) is 30.3 Å². The molecule has 6 heteroatoms. The number of anilines is 1. The maximum Gasteiger partial charge on any atom is 0.319 e. The molecular formula is C14H11Cl2FN2O. The highest BCUT2D eigenvalue weighted by Gasteiger charge is 2.07. The number of urea groups is 1. The molecule has 3 nitrogen and oxygen atoms in total. The molecule has 104 valence electrons. The summed E-state index contributed by atoms with van der Waals surface area (Å²) in [6, 6.07) is 10.4. The lowest BCUT2D eigenvalue weighted by atomic mass is 10.2. The van der Waals surface area contributed by atoms with Crippen molar-refractivity contribution in [3.05, 3.63) is 63.9 Å². The normalized spacial score (nSPS) is 10.2. The predicted octanol–water partition coefficient (Wildman–Crippen LogP) is 4.45. The van der Waals surface area contributed by atoms with Crippen molar-refractivity contribution in [2.24, 2.45) is 0 Å². The van der Waals surface area contributed by atoms with E-state index in [9.17, 15) is 9.18 Å². The van der Waals surface area contributed by atoms with Gasteiger partial charge in [-0.15, -0.1) is 0 Å². The molecule has 0 spiro atoms. The number of carbonyl (C=O) groups is 1. The molecule has 0 saturated heterocycles. The lowest BCUT2D eigenvalue weighted by molar-refractivity contribution is 0.251. The maximum atomic E-state index is 12.7. The quantitative estimate of drug-likeness (QED) is 0.863. The van der Waals surface area contributed by atoms with Gasteiger partial charge in [-0.3, -0.25) is 0 Å². The Kier molecular flexibility index (Phi) is 4.82. The molecule has 0 aliphatic heterocycles. The molecule has 0 unspecified atom stereocenters. The van der Waals surface area contributed by atoms with Crippen LogP contribution < -0.4 is 10.6 Å². The third kappa shape index (κ3) is 3.85. The Hall–Kier alpha value is -1.78. The maximum absolute atomic E-state index is 12.7. The van der Waals surface area contributed by atoms with Gasteiger partial charge in [0.1, 0.15) is 5.82 Å². The van der Waals surface area contributed by atoms with E-state index in [4.69, 9.17) is 23.2 Å². The Morgan fingerprint density at radius 2 is 1.80 bits per heavy atom. The fourth-order valence-corrected chi connectivity index (χ4v) is 1.90. The lowest BCUT2D eigenvalue weighted by Crippen LogP contribution is -2.28. The van der Waals surface area contributed by atoms with E-state index in [1.807, 2.05) is 0 Å². The van der Waals surface area contributed by atoms with Crippen LogP contribution >= 0.6 is 23.2 Å². The van der Waals surface area contributed by atoms with Gasteiger partial charge in [-0.05, 0) is 29.8 Å². The average Bonchev–Trinajstić information content (AvgIpc) is 2.43. The standard InChI is InChI=1S/C14H11Cl2FN2O/c15-11-2-1-3-12(13(11)16)19-14(20)18-8-9-4-6-10(17)7-5-9/h1-7H,8H2,(H2,18,19,20). The number of benzene rings is 2. The third-order valence-electron chi connectivity index (χ3n) is 2.57. The second kappa shape index (κ2) is 6.59. The van der Waals surface area contributed by atoms with Gasteiger partial charge in [-0.2, -0.15) is 0 Å². The summed E-state index contributed by atoms with van der Waals surface area (Å²) in [5.74, 6) is -0.316. The van der Waals surface area contributed by atoms with Crippen LogP contribution in [-0.4, -0.2) is 6.03 Å². The van der Waals surface area contributed by atoms with Crippen molar-refractivity contribution in [3.63, 3.8) is 0 Å². The van der Waals surface area contributed by atoms with E-state index in [-0.39, 0.29) is 17.4 Å². The Balaban J connectivity index is 1.92. The van der Waals surface area contributed by atoms with Crippen molar-refractivity contribution >= 4 is 34.9 Å². The largest absolute Gasteiger partial charge is 0.334 e. The zero-order valence-electron chi connectivity index (χ0n) is 10.3. The number of amides is 2. The molecule has 2 aromatic rings. The summed E-state index contributed by atoms with van der Waals surface area (Å²) in [5.41, 5.74) is 1.22. The van der Waals surface area contributed by atoms with Crippen LogP contribution in [0.2, 0.25) is 10.0 Å². The van der Waals surface area contributed by atoms with Crippen LogP contribution in [0.15, 0.2) is 42.5 Å². The molecule has 0 heterocycles. The van der Waals surface area contributed by atoms with Gasteiger partial charge < -0.3 is 10.6 Å². The molecule has 20 heavy (non-hydrogen) atoms. The minimum absolute atomic E-state index is 0.282. The number of hydrogen-bond acceptors (Lipinski definition) is 1. The summed E-state index contributed by atoms with van der Waals surface area (Å²) in [4.78, 5) is 11.7. The molecule has 2 aromatic carbocycles. The molecule has 2 amide bonds. The first-order chi connectivity index (χ1) is 9.56. The van der Waals surface area contributed by atoms with Gasteiger partial charge in [-0.1, -0.05) is 41.4 Å². The number of carbonyl (C=O) groups excluding carboxylic acids is 1. The van der Waals surface area contributed by atoms with E-state index in [0.29, 0.717) is 10.7 Å². The van der Waals surface area contributed by atoms with Crippen molar-refractivity contribution in [1.82, 2.24) is 5.32 Å². The van der Waals surface area contributed by atoms with E-state index in [1.165, 1.54) is 12.1 Å². The van der Waals surface area contributed by atoms with Crippen LogP contribution in [0.25, 0.3) is 0 Å². The zero-order chi connectivity index (χ0) is 14.5. The van der Waals surface area contributed by atoms with Crippen molar-refractivity contribution in [2.75, 3.05) is 5.32 Å². The molecule has 0 aromatic heterocycles. The van der Waals surface area contributed by atoms with Gasteiger partial charge in [-0.25, -0.2) is 9.18 Å². The molecule has 0 saturated carbocycles. The molecular weight excluding hydrogens is 302 g/mol. The van der Waals surface area contributed by atoms with E-state index in [2.05, 4.69) is 10.6 Å². The molecule has 0 bridgehead atoms. The molecule has 0 fully saturated rings. The molecule has 2 rings (SSSR count). The van der Waals surface area contributed by atoms with Crippen molar-refractivity contribution in [2.45, 2.75) is 6.54 Å². The smallest absolute Gasteiger partial charge is 0.319 e. The van der Waals surface area contributed by atoms with Crippen LogP contribution in [0.5, 0.6) is 0 Å². The molecule has 2 N–H and O–H groups in total. The predicted molar refractivity (Wildman–Crippen MR) is 78.7 cm³/mol. The summed E-state index contributed by atoms with van der Waals surface area (Å²) in [6.45, 7) is 0.282. The highest BCUT2D eigenvalue weighted by atomic mass is 35.5. The number of hydrogen-bond donors (Lipinski definition) is 2. The zero-order valence-corrected chi connectivity index (χ0v) is 11.8. The summed E-state index contributed by atoms with van der Waals surface area (Å²) in [6.07, 6.45) is 0. The number of nitrogens with one attached hydrogen (secondary N) is 2. The van der Waals surface area contributed by atoms with Crippen LogP contribution in [0.3, 0.4) is 0 Å². The second-order valence-corrected chi connectivity index (χ2v) is 4.82. The van der Waals surface area contributed by atoms with Gasteiger partial charge >= 0.3 is 6.03 Å². The van der Waals surface area contributed by atoms with Crippen molar-refractivity contribution in [3.8, 4) is 0 Å². The van der Waals surface area contributed by atoms with Gasteiger partial charge in [0.2, 0.25) is 0 Å². The Morgan fingerprint density at radius 3 is 2.50 bits per heavy atom. The van der Waals surface area contributed by atoms with Crippen LogP contribution in [0.4, 0.5) is 14.9 Å². The fourth-order valence-electron chi connectivity index (χ4n) is 1.55. The monoisotopic (exact) mass is 312 g/mol.